The molecular weight excluding hydrogens is 608 g/mol. The largest absolute Gasteiger partial charge is 0.461 e. The van der Waals surface area contributed by atoms with E-state index < -0.39 is 55.2 Å². The maximum atomic E-state index is 13.2. The van der Waals surface area contributed by atoms with E-state index in [4.69, 9.17) is 25.7 Å². The number of hydrogen-bond donors (Lipinski definition) is 5. The van der Waals surface area contributed by atoms with Gasteiger partial charge in [-0.15, -0.1) is 0 Å². The van der Waals surface area contributed by atoms with Crippen molar-refractivity contribution in [2.45, 2.75) is 57.3 Å². The molecule has 246 valence electrons. The molecule has 14 nitrogen and oxygen atoms in total. The predicted molar refractivity (Wildman–Crippen MR) is 169 cm³/mol. The summed E-state index contributed by atoms with van der Waals surface area (Å²) < 4.78 is 18.3. The number of alkyl carbamates (subject to hydrolysis) is 1. The second kappa shape index (κ2) is 12.6. The number of aryl methyl sites for hydroxylation is 1. The standard InChI is InChI=1S/C33H36N6O8/c1-15(2)25(38-33(44)46-13-22-19-10-6-4-8-17(19)18-9-5-7-11-20(18)22)32(43)45-14-23-26(40)27(41)31(47-23)39-12-21(29(35)42)24-28(34)36-16(3)37-30(24)39/h4-12,15,22-23,25-27,31,40-41H,13-14H2,1-3H3,(H2,35,42)(H,38,44)(H2,34,36,37)/t23?,25-,26+,27+,31+/m0/s1. The zero-order chi connectivity index (χ0) is 33.6. The maximum absolute atomic E-state index is 13.2. The van der Waals surface area contributed by atoms with Crippen molar-refractivity contribution in [2.24, 2.45) is 11.7 Å². The van der Waals surface area contributed by atoms with Gasteiger partial charge in [0.15, 0.2) is 6.23 Å². The third kappa shape index (κ3) is 5.86. The number of carbonyl (C=O) groups is 3. The molecule has 1 unspecified atom stereocenters. The van der Waals surface area contributed by atoms with Gasteiger partial charge in [-0.2, -0.15) is 0 Å². The predicted octanol–water partition coefficient (Wildman–Crippen LogP) is 2.15. The van der Waals surface area contributed by atoms with Crippen molar-refractivity contribution >= 4 is 34.8 Å². The van der Waals surface area contributed by atoms with Crippen LogP contribution in [-0.4, -0.2) is 80.3 Å². The number of nitrogens with two attached hydrogens (primary N) is 2. The number of aliphatic hydroxyl groups is 2. The Morgan fingerprint density at radius 2 is 1.62 bits per heavy atom. The van der Waals surface area contributed by atoms with Crippen LogP contribution in [0.5, 0.6) is 0 Å². The molecule has 0 bridgehead atoms. The Morgan fingerprint density at radius 3 is 2.23 bits per heavy atom. The van der Waals surface area contributed by atoms with E-state index in [1.165, 1.54) is 10.8 Å². The Hall–Kier alpha value is -5.05. The fourth-order valence-electron chi connectivity index (χ4n) is 6.29. The van der Waals surface area contributed by atoms with Gasteiger partial charge in [0.2, 0.25) is 0 Å². The average molecular weight is 645 g/mol. The first-order chi connectivity index (χ1) is 22.5. The first-order valence-electron chi connectivity index (χ1n) is 15.2. The molecule has 1 aliphatic carbocycles. The number of aliphatic hydroxyl groups excluding tert-OH is 2. The lowest BCUT2D eigenvalue weighted by Gasteiger charge is -2.23. The van der Waals surface area contributed by atoms with Crippen LogP contribution in [0.4, 0.5) is 10.6 Å². The van der Waals surface area contributed by atoms with Crippen LogP contribution >= 0.6 is 0 Å². The molecule has 1 saturated heterocycles. The summed E-state index contributed by atoms with van der Waals surface area (Å²) in [5, 5.41) is 24.4. The SMILES string of the molecule is Cc1nc(N)c2c(C(N)=O)cn([C@@H]3OC(COC(=O)[C@@H](NC(=O)OCC4c5ccccc5-c5ccccc54)C(C)C)[C@@H](O)[C@H]3O)c2n1. The highest BCUT2D eigenvalue weighted by atomic mass is 16.6. The molecule has 0 radical (unpaired) electrons. The van der Waals surface area contributed by atoms with Gasteiger partial charge in [-0.3, -0.25) is 4.79 Å². The van der Waals surface area contributed by atoms with Crippen LogP contribution in [0.15, 0.2) is 54.7 Å². The number of rotatable bonds is 9. The highest BCUT2D eigenvalue weighted by molar-refractivity contribution is 6.09. The zero-order valence-electron chi connectivity index (χ0n) is 26.0. The van der Waals surface area contributed by atoms with Crippen molar-refractivity contribution in [1.82, 2.24) is 19.9 Å². The number of anilines is 1. The van der Waals surface area contributed by atoms with Gasteiger partial charge in [0, 0.05) is 12.1 Å². The number of ether oxygens (including phenoxy) is 3. The van der Waals surface area contributed by atoms with Crippen LogP contribution in [0.25, 0.3) is 22.2 Å². The molecule has 7 N–H and O–H groups in total. The third-order valence-electron chi connectivity index (χ3n) is 8.62. The van der Waals surface area contributed by atoms with Crippen LogP contribution in [0, 0.1) is 12.8 Å². The van der Waals surface area contributed by atoms with Gasteiger partial charge in [0.05, 0.1) is 10.9 Å². The van der Waals surface area contributed by atoms with Crippen LogP contribution in [-0.2, 0) is 19.0 Å². The second-order valence-electron chi connectivity index (χ2n) is 12.0. The number of primary amides is 1. The third-order valence-corrected chi connectivity index (χ3v) is 8.62. The number of hydrogen-bond acceptors (Lipinski definition) is 11. The Morgan fingerprint density at radius 1 is 0.979 bits per heavy atom. The molecule has 14 heteroatoms. The van der Waals surface area contributed by atoms with Gasteiger partial charge in [-0.25, -0.2) is 19.6 Å². The number of fused-ring (bicyclic) bond motifs is 4. The molecule has 2 aromatic heterocycles. The highest BCUT2D eigenvalue weighted by Crippen LogP contribution is 2.44. The molecule has 0 spiro atoms. The lowest BCUT2D eigenvalue weighted by atomic mass is 9.98. The minimum absolute atomic E-state index is 0.0109. The summed E-state index contributed by atoms with van der Waals surface area (Å²) in [5.41, 5.74) is 16.0. The molecule has 47 heavy (non-hydrogen) atoms. The molecule has 4 aromatic rings. The Labute approximate surface area is 269 Å². The van der Waals surface area contributed by atoms with Gasteiger partial charge >= 0.3 is 12.1 Å². The van der Waals surface area contributed by atoms with E-state index in [1.807, 2.05) is 48.5 Å². The number of aromatic nitrogens is 3. The van der Waals surface area contributed by atoms with Crippen LogP contribution in [0.1, 0.15) is 53.3 Å². The molecule has 2 aliphatic rings. The van der Waals surface area contributed by atoms with E-state index in [-0.39, 0.29) is 40.9 Å². The Kier molecular flexibility index (Phi) is 8.57. The number of benzene rings is 2. The normalized spacial score (nSPS) is 21.0. The van der Waals surface area contributed by atoms with Crippen LogP contribution in [0.2, 0.25) is 0 Å². The first-order valence-corrected chi connectivity index (χ1v) is 15.2. The summed E-state index contributed by atoms with van der Waals surface area (Å²) in [4.78, 5) is 46.6. The smallest absolute Gasteiger partial charge is 0.407 e. The van der Waals surface area contributed by atoms with E-state index in [0.29, 0.717) is 5.82 Å². The lowest BCUT2D eigenvalue weighted by Crippen LogP contribution is -2.46. The molecule has 2 aromatic carbocycles. The summed E-state index contributed by atoms with van der Waals surface area (Å²) in [7, 11) is 0. The number of carbonyl (C=O) groups excluding carboxylic acids is 3. The van der Waals surface area contributed by atoms with E-state index in [1.54, 1.807) is 20.8 Å². The molecular formula is C33H36N6O8. The topological polar surface area (TPSA) is 214 Å². The number of esters is 1. The molecule has 3 heterocycles. The van der Waals surface area contributed by atoms with Crippen molar-refractivity contribution < 1.29 is 38.8 Å². The zero-order valence-corrected chi connectivity index (χ0v) is 26.0. The fraction of sp³-hybridized carbons (Fsp3) is 0.364. The summed E-state index contributed by atoms with van der Waals surface area (Å²) in [6.07, 6.45) is -4.81. The van der Waals surface area contributed by atoms with Gasteiger partial charge < -0.3 is 45.8 Å². The molecule has 2 amide bonds. The number of amides is 2. The van der Waals surface area contributed by atoms with Crippen molar-refractivity contribution in [3.63, 3.8) is 0 Å². The van der Waals surface area contributed by atoms with Crippen molar-refractivity contribution in [3.05, 3.63) is 77.2 Å². The van der Waals surface area contributed by atoms with Crippen LogP contribution in [0.3, 0.4) is 0 Å². The molecule has 0 saturated carbocycles. The van der Waals surface area contributed by atoms with E-state index in [9.17, 15) is 24.6 Å². The van der Waals surface area contributed by atoms with E-state index in [2.05, 4.69) is 15.3 Å². The summed E-state index contributed by atoms with van der Waals surface area (Å²) in [6, 6.07) is 14.8. The summed E-state index contributed by atoms with van der Waals surface area (Å²) >= 11 is 0. The van der Waals surface area contributed by atoms with Gasteiger partial charge in [-0.05, 0) is 35.1 Å². The quantitative estimate of drug-likeness (QED) is 0.166. The van der Waals surface area contributed by atoms with Crippen molar-refractivity contribution in [1.29, 1.82) is 0 Å². The van der Waals surface area contributed by atoms with E-state index >= 15 is 0 Å². The molecule has 1 aliphatic heterocycles. The number of nitrogen functional groups attached to an aromatic ring is 1. The van der Waals surface area contributed by atoms with Gasteiger partial charge in [0.25, 0.3) is 5.91 Å². The lowest BCUT2D eigenvalue weighted by molar-refractivity contribution is -0.153. The summed E-state index contributed by atoms with van der Waals surface area (Å²) in [5.74, 6) is -1.78. The Bertz CT molecular complexity index is 1810. The maximum Gasteiger partial charge on any atom is 0.407 e. The molecule has 1 fully saturated rings. The Balaban J connectivity index is 1.10. The van der Waals surface area contributed by atoms with Crippen molar-refractivity contribution in [3.8, 4) is 11.1 Å². The van der Waals surface area contributed by atoms with Gasteiger partial charge in [-0.1, -0.05) is 62.4 Å². The highest BCUT2D eigenvalue weighted by Gasteiger charge is 2.45. The number of nitrogens with zero attached hydrogens (tertiary/aromatic N) is 3. The average Bonchev–Trinajstić information content (AvgIpc) is 3.67. The molecule has 6 rings (SSSR count). The monoisotopic (exact) mass is 644 g/mol. The van der Waals surface area contributed by atoms with Gasteiger partial charge in [0.1, 0.15) is 54.9 Å². The second-order valence-corrected chi connectivity index (χ2v) is 12.0. The summed E-state index contributed by atoms with van der Waals surface area (Å²) in [6.45, 7) is 4.70. The number of nitrogens with one attached hydrogen (secondary N) is 1. The van der Waals surface area contributed by atoms with Crippen molar-refractivity contribution in [2.75, 3.05) is 18.9 Å². The minimum Gasteiger partial charge on any atom is -0.461 e. The van der Waals surface area contributed by atoms with E-state index in [0.717, 1.165) is 22.3 Å². The molecule has 5 atom stereocenters. The fourth-order valence-corrected chi connectivity index (χ4v) is 6.29. The first kappa shape index (κ1) is 31.9. The minimum atomic E-state index is -1.49. The van der Waals surface area contributed by atoms with Crippen LogP contribution < -0.4 is 16.8 Å².